The Kier molecular flexibility index (Phi) is 4.50. The molecule has 4 rings (SSSR count). The van der Waals surface area contributed by atoms with Crippen LogP contribution in [0.25, 0.3) is 10.9 Å². The van der Waals surface area contributed by atoms with E-state index in [1.54, 1.807) is 11.0 Å². The van der Waals surface area contributed by atoms with Crippen molar-refractivity contribution in [1.29, 1.82) is 0 Å². The van der Waals surface area contributed by atoms with Crippen molar-refractivity contribution in [1.82, 2.24) is 9.88 Å². The monoisotopic (exact) mass is 352 g/mol. The van der Waals surface area contributed by atoms with Gasteiger partial charge in [0.15, 0.2) is 0 Å². The molecule has 2 aromatic carbocycles. The minimum atomic E-state index is -0.341. The molecule has 132 valence electrons. The molecule has 1 aliphatic heterocycles. The largest absolute Gasteiger partial charge is 0.439 e. The number of amides is 1. The molecule has 26 heavy (non-hydrogen) atoms. The number of benzene rings is 2. The molecule has 0 radical (unpaired) electrons. The maximum atomic E-state index is 13.1. The highest BCUT2D eigenvalue weighted by molar-refractivity contribution is 6.06. The molecule has 3 aromatic rings. The third-order valence-electron chi connectivity index (χ3n) is 4.26. The summed E-state index contributed by atoms with van der Waals surface area (Å²) in [6, 6.07) is 14.8. The number of halogens is 1. The summed E-state index contributed by atoms with van der Waals surface area (Å²) in [4.78, 5) is 19.2. The zero-order valence-electron chi connectivity index (χ0n) is 14.0. The van der Waals surface area contributed by atoms with E-state index >= 15 is 0 Å². The SMILES string of the molecule is O=C(c1cc(Oc2ccc(F)cc2)nc2ccccc12)N1CCOCC1. The minimum Gasteiger partial charge on any atom is -0.439 e. The van der Waals surface area contributed by atoms with Crippen LogP contribution >= 0.6 is 0 Å². The first-order valence-electron chi connectivity index (χ1n) is 8.41. The number of hydrogen-bond acceptors (Lipinski definition) is 4. The molecule has 1 saturated heterocycles. The molecule has 2 heterocycles. The molecule has 0 bridgehead atoms. The standard InChI is InChI=1S/C20H17FN2O3/c21-14-5-7-15(8-6-14)26-19-13-17(16-3-1-2-4-18(16)22-19)20(24)23-9-11-25-12-10-23/h1-8,13H,9-12H2. The number of rotatable bonds is 3. The summed E-state index contributed by atoms with van der Waals surface area (Å²) in [7, 11) is 0. The predicted octanol–water partition coefficient (Wildman–Crippen LogP) is 3.64. The van der Waals surface area contributed by atoms with Gasteiger partial charge in [-0.05, 0) is 30.3 Å². The van der Waals surface area contributed by atoms with Crippen molar-refractivity contribution in [3.05, 3.63) is 66.0 Å². The van der Waals surface area contributed by atoms with Gasteiger partial charge in [0.05, 0.1) is 24.3 Å². The summed E-state index contributed by atoms with van der Waals surface area (Å²) in [5, 5.41) is 0.774. The Morgan fingerprint density at radius 1 is 1.08 bits per heavy atom. The van der Waals surface area contributed by atoms with Crippen LogP contribution in [-0.2, 0) is 4.74 Å². The Labute approximate surface area is 150 Å². The zero-order chi connectivity index (χ0) is 17.9. The molecule has 0 unspecified atom stereocenters. The highest BCUT2D eigenvalue weighted by atomic mass is 19.1. The van der Waals surface area contributed by atoms with E-state index in [2.05, 4.69) is 4.98 Å². The van der Waals surface area contributed by atoms with E-state index in [9.17, 15) is 9.18 Å². The van der Waals surface area contributed by atoms with Gasteiger partial charge in [-0.2, -0.15) is 0 Å². The second-order valence-corrected chi connectivity index (χ2v) is 5.99. The fraction of sp³-hybridized carbons (Fsp3) is 0.200. The lowest BCUT2D eigenvalue weighted by Gasteiger charge is -2.27. The summed E-state index contributed by atoms with van der Waals surface area (Å²) in [6.45, 7) is 2.19. The lowest BCUT2D eigenvalue weighted by Crippen LogP contribution is -2.40. The van der Waals surface area contributed by atoms with Gasteiger partial charge in [-0.1, -0.05) is 18.2 Å². The maximum absolute atomic E-state index is 13.1. The van der Waals surface area contributed by atoms with Crippen LogP contribution in [0.1, 0.15) is 10.4 Å². The summed E-state index contributed by atoms with van der Waals surface area (Å²) < 4.78 is 24.1. The summed E-state index contributed by atoms with van der Waals surface area (Å²) in [5.74, 6) is 0.341. The van der Waals surface area contributed by atoms with Crippen LogP contribution in [0.3, 0.4) is 0 Å². The topological polar surface area (TPSA) is 51.7 Å². The summed E-state index contributed by atoms with van der Waals surface area (Å²) in [5.41, 5.74) is 1.21. The van der Waals surface area contributed by atoms with Crippen LogP contribution in [0.2, 0.25) is 0 Å². The highest BCUT2D eigenvalue weighted by Gasteiger charge is 2.22. The number of hydrogen-bond donors (Lipinski definition) is 0. The minimum absolute atomic E-state index is 0.0733. The number of carbonyl (C=O) groups excluding carboxylic acids is 1. The van der Waals surface area contributed by atoms with Gasteiger partial charge in [0.25, 0.3) is 5.91 Å². The van der Waals surface area contributed by atoms with Crippen LogP contribution in [0.5, 0.6) is 11.6 Å². The van der Waals surface area contributed by atoms with E-state index in [1.165, 1.54) is 24.3 Å². The molecular weight excluding hydrogens is 335 g/mol. The smallest absolute Gasteiger partial charge is 0.254 e. The lowest BCUT2D eigenvalue weighted by molar-refractivity contribution is 0.0304. The van der Waals surface area contributed by atoms with Crippen LogP contribution in [0.4, 0.5) is 4.39 Å². The number of carbonyl (C=O) groups is 1. The molecule has 0 aliphatic carbocycles. The van der Waals surface area contributed by atoms with Gasteiger partial charge in [-0.15, -0.1) is 0 Å². The van der Waals surface area contributed by atoms with Gasteiger partial charge in [-0.3, -0.25) is 4.79 Å². The Bertz CT molecular complexity index is 937. The number of aromatic nitrogens is 1. The second-order valence-electron chi connectivity index (χ2n) is 5.99. The normalized spacial score (nSPS) is 14.4. The zero-order valence-corrected chi connectivity index (χ0v) is 14.0. The van der Waals surface area contributed by atoms with Crippen molar-refractivity contribution < 1.29 is 18.7 Å². The van der Waals surface area contributed by atoms with Crippen molar-refractivity contribution in [2.24, 2.45) is 0 Å². The average molecular weight is 352 g/mol. The molecule has 0 spiro atoms. The molecule has 1 fully saturated rings. The van der Waals surface area contributed by atoms with Crippen molar-refractivity contribution in [3.63, 3.8) is 0 Å². The Hall–Kier alpha value is -2.99. The maximum Gasteiger partial charge on any atom is 0.254 e. The average Bonchev–Trinajstić information content (AvgIpc) is 2.69. The van der Waals surface area contributed by atoms with E-state index in [1.807, 2.05) is 24.3 Å². The molecule has 0 N–H and O–H groups in total. The van der Waals surface area contributed by atoms with E-state index < -0.39 is 0 Å². The van der Waals surface area contributed by atoms with Crippen LogP contribution in [0.15, 0.2) is 54.6 Å². The van der Waals surface area contributed by atoms with Crippen molar-refractivity contribution in [2.75, 3.05) is 26.3 Å². The second kappa shape index (κ2) is 7.09. The van der Waals surface area contributed by atoms with Gasteiger partial charge in [0, 0.05) is 24.5 Å². The number of morpholine rings is 1. The van der Waals surface area contributed by atoms with E-state index in [0.29, 0.717) is 49.0 Å². The molecule has 1 amide bonds. The lowest BCUT2D eigenvalue weighted by atomic mass is 10.1. The number of para-hydroxylation sites is 1. The first kappa shape index (κ1) is 16.5. The number of nitrogens with zero attached hydrogens (tertiary/aromatic N) is 2. The number of pyridine rings is 1. The highest BCUT2D eigenvalue weighted by Crippen LogP contribution is 2.27. The predicted molar refractivity (Wildman–Crippen MR) is 94.9 cm³/mol. The van der Waals surface area contributed by atoms with Crippen LogP contribution in [-0.4, -0.2) is 42.1 Å². The molecule has 0 atom stereocenters. The van der Waals surface area contributed by atoms with Crippen LogP contribution in [0, 0.1) is 5.82 Å². The molecule has 6 heteroatoms. The van der Waals surface area contributed by atoms with Gasteiger partial charge in [0.1, 0.15) is 11.6 Å². The Balaban J connectivity index is 1.72. The number of ether oxygens (including phenoxy) is 2. The first-order chi connectivity index (χ1) is 12.7. The molecule has 5 nitrogen and oxygen atoms in total. The van der Waals surface area contributed by atoms with Gasteiger partial charge in [-0.25, -0.2) is 9.37 Å². The third kappa shape index (κ3) is 3.36. The van der Waals surface area contributed by atoms with Crippen LogP contribution < -0.4 is 4.74 Å². The molecule has 1 aromatic heterocycles. The van der Waals surface area contributed by atoms with E-state index in [4.69, 9.17) is 9.47 Å². The number of fused-ring (bicyclic) bond motifs is 1. The fourth-order valence-electron chi connectivity index (χ4n) is 2.94. The Morgan fingerprint density at radius 3 is 2.58 bits per heavy atom. The van der Waals surface area contributed by atoms with E-state index in [-0.39, 0.29) is 11.7 Å². The summed E-state index contributed by atoms with van der Waals surface area (Å²) >= 11 is 0. The molecule has 0 saturated carbocycles. The van der Waals surface area contributed by atoms with E-state index in [0.717, 1.165) is 5.39 Å². The Morgan fingerprint density at radius 2 is 1.81 bits per heavy atom. The first-order valence-corrected chi connectivity index (χ1v) is 8.41. The quantitative estimate of drug-likeness (QED) is 0.722. The molecule has 1 aliphatic rings. The van der Waals surface area contributed by atoms with Crippen molar-refractivity contribution >= 4 is 16.8 Å². The van der Waals surface area contributed by atoms with Crippen molar-refractivity contribution in [3.8, 4) is 11.6 Å². The molecular formula is C20H17FN2O3. The summed E-state index contributed by atoms with van der Waals surface area (Å²) in [6.07, 6.45) is 0. The van der Waals surface area contributed by atoms with Gasteiger partial charge >= 0.3 is 0 Å². The van der Waals surface area contributed by atoms with Gasteiger partial charge < -0.3 is 14.4 Å². The third-order valence-corrected chi connectivity index (χ3v) is 4.26. The van der Waals surface area contributed by atoms with Crippen molar-refractivity contribution in [2.45, 2.75) is 0 Å². The fourth-order valence-corrected chi connectivity index (χ4v) is 2.94. The van der Waals surface area contributed by atoms with Gasteiger partial charge in [0.2, 0.25) is 5.88 Å².